The Morgan fingerprint density at radius 1 is 0.963 bits per heavy atom. The molecule has 0 bridgehead atoms. The molecule has 0 saturated carbocycles. The number of esters is 1. The van der Waals surface area contributed by atoms with Crippen molar-refractivity contribution in [2.45, 2.75) is 46.1 Å². The number of rotatable bonds is 5. The lowest BCUT2D eigenvalue weighted by atomic mass is 9.86. The first-order valence-electron chi connectivity index (χ1n) is 8.81. The van der Waals surface area contributed by atoms with Crippen LogP contribution < -0.4 is 5.32 Å². The van der Waals surface area contributed by atoms with E-state index in [0.717, 1.165) is 5.56 Å². The predicted molar refractivity (Wildman–Crippen MR) is 105 cm³/mol. The topological polar surface area (TPSA) is 72.5 Å². The van der Waals surface area contributed by atoms with E-state index < -0.39 is 12.1 Å². The second-order valence-electron chi connectivity index (χ2n) is 7.50. The number of Topliss-reactive ketones (excluding diaryl/α,β-unsaturated/α-hetero) is 1. The van der Waals surface area contributed by atoms with Crippen LogP contribution in [0.1, 0.15) is 60.9 Å². The Hall–Kier alpha value is -2.95. The quantitative estimate of drug-likeness (QED) is 0.629. The highest BCUT2D eigenvalue weighted by Gasteiger charge is 2.21. The summed E-state index contributed by atoms with van der Waals surface area (Å²) in [5.41, 5.74) is 2.38. The monoisotopic (exact) mass is 367 g/mol. The van der Waals surface area contributed by atoms with Gasteiger partial charge >= 0.3 is 5.97 Å². The Balaban J connectivity index is 2.07. The lowest BCUT2D eigenvalue weighted by molar-refractivity contribution is -0.114. The maximum absolute atomic E-state index is 12.6. The number of carbonyl (C=O) groups is 3. The van der Waals surface area contributed by atoms with Gasteiger partial charge in [0.15, 0.2) is 6.10 Å². The molecule has 0 unspecified atom stereocenters. The van der Waals surface area contributed by atoms with Crippen LogP contribution in [0.15, 0.2) is 48.5 Å². The second-order valence-corrected chi connectivity index (χ2v) is 7.50. The van der Waals surface area contributed by atoms with Gasteiger partial charge in [-0.25, -0.2) is 4.79 Å². The molecule has 0 aliphatic heterocycles. The number of ether oxygens (including phenoxy) is 1. The van der Waals surface area contributed by atoms with Crippen LogP contribution in [0.2, 0.25) is 0 Å². The lowest BCUT2D eigenvalue weighted by Crippen LogP contribution is -2.24. The number of hydrogen-bond donors (Lipinski definition) is 1. The van der Waals surface area contributed by atoms with Crippen LogP contribution in [0.3, 0.4) is 0 Å². The summed E-state index contributed by atoms with van der Waals surface area (Å²) in [6.45, 7) is 9.24. The van der Waals surface area contributed by atoms with E-state index in [1.165, 1.54) is 13.0 Å². The Morgan fingerprint density at radius 2 is 1.59 bits per heavy atom. The Bertz CT molecular complexity index is 847. The molecule has 0 spiro atoms. The molecule has 0 radical (unpaired) electrons. The minimum atomic E-state index is -0.914. The fourth-order valence-electron chi connectivity index (χ4n) is 2.58. The van der Waals surface area contributed by atoms with E-state index in [4.69, 9.17) is 4.74 Å². The molecule has 0 aliphatic carbocycles. The third kappa shape index (κ3) is 5.51. The summed E-state index contributed by atoms with van der Waals surface area (Å²) in [6, 6.07) is 13.7. The van der Waals surface area contributed by atoms with Crippen molar-refractivity contribution < 1.29 is 19.1 Å². The summed E-state index contributed by atoms with van der Waals surface area (Å²) < 4.78 is 5.31. The third-order valence-corrected chi connectivity index (χ3v) is 4.11. The summed E-state index contributed by atoms with van der Waals surface area (Å²) in [5, 5.41) is 2.61. The first kappa shape index (κ1) is 20.4. The van der Waals surface area contributed by atoms with E-state index in [0.29, 0.717) is 11.3 Å². The largest absolute Gasteiger partial charge is 0.451 e. The molecule has 0 saturated heterocycles. The van der Waals surface area contributed by atoms with Gasteiger partial charge < -0.3 is 10.1 Å². The normalized spacial score (nSPS) is 12.2. The molecule has 27 heavy (non-hydrogen) atoms. The number of amides is 1. The third-order valence-electron chi connectivity index (χ3n) is 4.11. The highest BCUT2D eigenvalue weighted by Crippen LogP contribution is 2.23. The fraction of sp³-hybridized carbons (Fsp3) is 0.318. The molecule has 1 atom stereocenters. The molecule has 2 aromatic carbocycles. The summed E-state index contributed by atoms with van der Waals surface area (Å²) in [4.78, 5) is 36.0. The van der Waals surface area contributed by atoms with Gasteiger partial charge in [-0.3, -0.25) is 9.59 Å². The molecule has 0 aliphatic rings. The van der Waals surface area contributed by atoms with Crippen molar-refractivity contribution in [3.8, 4) is 0 Å². The predicted octanol–water partition coefficient (Wildman–Crippen LogP) is 4.37. The van der Waals surface area contributed by atoms with Crippen LogP contribution in [0, 0.1) is 0 Å². The van der Waals surface area contributed by atoms with Gasteiger partial charge in [0.2, 0.25) is 11.7 Å². The summed E-state index contributed by atoms with van der Waals surface area (Å²) in [5.74, 6) is -1.11. The minimum Gasteiger partial charge on any atom is -0.451 e. The Kier molecular flexibility index (Phi) is 6.16. The van der Waals surface area contributed by atoms with Crippen molar-refractivity contribution in [2.24, 2.45) is 0 Å². The summed E-state index contributed by atoms with van der Waals surface area (Å²) >= 11 is 0. The Morgan fingerprint density at radius 3 is 2.15 bits per heavy atom. The van der Waals surface area contributed by atoms with E-state index in [1.54, 1.807) is 37.3 Å². The zero-order valence-electron chi connectivity index (χ0n) is 16.3. The first-order chi connectivity index (χ1) is 12.6. The van der Waals surface area contributed by atoms with Crippen LogP contribution in [0.25, 0.3) is 0 Å². The SMILES string of the molecule is CC(=O)Nc1cccc(C(=O)O[C@@H](C)C(=O)c2ccc(C(C)(C)C)cc2)c1. The average Bonchev–Trinajstić information content (AvgIpc) is 2.60. The minimum absolute atomic E-state index is 0.00140. The molecule has 0 heterocycles. The van der Waals surface area contributed by atoms with Crippen molar-refractivity contribution in [1.82, 2.24) is 0 Å². The van der Waals surface area contributed by atoms with E-state index in [1.807, 2.05) is 12.1 Å². The highest BCUT2D eigenvalue weighted by molar-refractivity contribution is 6.01. The zero-order valence-corrected chi connectivity index (χ0v) is 16.3. The molecule has 142 valence electrons. The van der Waals surface area contributed by atoms with Gasteiger partial charge in [-0.1, -0.05) is 51.1 Å². The maximum Gasteiger partial charge on any atom is 0.338 e. The molecule has 2 aromatic rings. The molecular weight excluding hydrogens is 342 g/mol. The van der Waals surface area contributed by atoms with E-state index >= 15 is 0 Å². The van der Waals surface area contributed by atoms with Crippen molar-refractivity contribution in [3.05, 3.63) is 65.2 Å². The molecule has 1 N–H and O–H groups in total. The van der Waals surface area contributed by atoms with Gasteiger partial charge in [0.1, 0.15) is 0 Å². The highest BCUT2D eigenvalue weighted by atomic mass is 16.5. The average molecular weight is 367 g/mol. The number of nitrogens with one attached hydrogen (secondary N) is 1. The molecule has 1 amide bonds. The molecule has 2 rings (SSSR count). The second kappa shape index (κ2) is 8.16. The molecule has 0 fully saturated rings. The van der Waals surface area contributed by atoms with Crippen LogP contribution in [-0.2, 0) is 14.9 Å². The van der Waals surface area contributed by atoms with Gasteiger partial charge in [0.05, 0.1) is 5.56 Å². The number of benzene rings is 2. The lowest BCUT2D eigenvalue weighted by Gasteiger charge is -2.19. The molecule has 5 nitrogen and oxygen atoms in total. The standard InChI is InChI=1S/C22H25NO4/c1-14(20(25)16-9-11-18(12-10-16)22(3,4)5)27-21(26)17-7-6-8-19(13-17)23-15(2)24/h6-14H,1-5H3,(H,23,24)/t14-/m0/s1. The van der Waals surface area contributed by atoms with Gasteiger partial charge in [-0.15, -0.1) is 0 Å². The van der Waals surface area contributed by atoms with Crippen LogP contribution in [0.4, 0.5) is 5.69 Å². The van der Waals surface area contributed by atoms with Crippen molar-refractivity contribution in [1.29, 1.82) is 0 Å². The van der Waals surface area contributed by atoms with Crippen LogP contribution in [0.5, 0.6) is 0 Å². The Labute approximate surface area is 159 Å². The number of anilines is 1. The maximum atomic E-state index is 12.6. The zero-order chi connectivity index (χ0) is 20.2. The van der Waals surface area contributed by atoms with Crippen molar-refractivity contribution in [2.75, 3.05) is 5.32 Å². The van der Waals surface area contributed by atoms with E-state index in [2.05, 4.69) is 26.1 Å². The number of hydrogen-bond acceptors (Lipinski definition) is 4. The van der Waals surface area contributed by atoms with Crippen LogP contribution >= 0.6 is 0 Å². The summed E-state index contributed by atoms with van der Waals surface area (Å²) in [7, 11) is 0. The van der Waals surface area contributed by atoms with E-state index in [-0.39, 0.29) is 22.7 Å². The van der Waals surface area contributed by atoms with Gasteiger partial charge in [0.25, 0.3) is 0 Å². The van der Waals surface area contributed by atoms with Gasteiger partial charge in [-0.2, -0.15) is 0 Å². The number of carbonyl (C=O) groups excluding carboxylic acids is 3. The fourth-order valence-corrected chi connectivity index (χ4v) is 2.58. The molecular formula is C22H25NO4. The van der Waals surface area contributed by atoms with Crippen LogP contribution in [-0.4, -0.2) is 23.8 Å². The number of ketones is 1. The van der Waals surface area contributed by atoms with Gasteiger partial charge in [0, 0.05) is 18.2 Å². The van der Waals surface area contributed by atoms with E-state index in [9.17, 15) is 14.4 Å². The molecule has 0 aromatic heterocycles. The smallest absolute Gasteiger partial charge is 0.338 e. The van der Waals surface area contributed by atoms with Crippen molar-refractivity contribution in [3.63, 3.8) is 0 Å². The first-order valence-corrected chi connectivity index (χ1v) is 8.81. The van der Waals surface area contributed by atoms with Crippen molar-refractivity contribution >= 4 is 23.3 Å². The summed E-state index contributed by atoms with van der Waals surface area (Å²) in [6.07, 6.45) is -0.914. The van der Waals surface area contributed by atoms with Gasteiger partial charge in [-0.05, 0) is 36.1 Å². The molecule has 5 heteroatoms.